The van der Waals surface area contributed by atoms with E-state index in [0.717, 1.165) is 0 Å². The van der Waals surface area contributed by atoms with Crippen LogP contribution in [0.15, 0.2) is 0 Å². The zero-order valence-corrected chi connectivity index (χ0v) is 8.62. The molecule has 14 heavy (non-hydrogen) atoms. The molecule has 1 saturated heterocycles. The van der Waals surface area contributed by atoms with Crippen LogP contribution in [-0.4, -0.2) is 47.1 Å². The van der Waals surface area contributed by atoms with E-state index in [2.05, 4.69) is 0 Å². The second-order valence-corrected chi connectivity index (χ2v) is 4.26. The first-order valence-electron chi connectivity index (χ1n) is 4.68. The van der Waals surface area contributed by atoms with Crippen molar-refractivity contribution in [1.29, 1.82) is 0 Å². The highest BCUT2D eigenvalue weighted by atomic mass is 16.3. The van der Waals surface area contributed by atoms with Gasteiger partial charge >= 0.3 is 5.91 Å². The number of quaternary nitrogens is 1. The van der Waals surface area contributed by atoms with E-state index in [1.54, 1.807) is 0 Å². The predicted molar refractivity (Wildman–Crippen MR) is 50.0 cm³/mol. The lowest BCUT2D eigenvalue weighted by Crippen LogP contribution is -2.60. The van der Waals surface area contributed by atoms with Gasteiger partial charge in [-0.25, -0.2) is 4.79 Å². The Morgan fingerprint density at radius 2 is 1.79 bits per heavy atom. The standard InChI is InChI=1S/C9H16N2O3/c1-7(12)11(2)5-3-9(14,4-6-11)8(10)13/h14H,3-6H2,1-2H3,(H-,10,13)/p+1. The highest BCUT2D eigenvalue weighted by Gasteiger charge is 2.45. The van der Waals surface area contributed by atoms with Crippen molar-refractivity contribution in [3.05, 3.63) is 0 Å². The SMILES string of the molecule is CC(=O)[N+]1(C)CCC(O)(C(N)=O)CC1. The minimum atomic E-state index is -1.41. The third kappa shape index (κ3) is 1.78. The van der Waals surface area contributed by atoms with Gasteiger partial charge in [0.15, 0.2) is 5.60 Å². The van der Waals surface area contributed by atoms with Gasteiger partial charge in [-0.1, -0.05) is 0 Å². The van der Waals surface area contributed by atoms with Crippen LogP contribution in [0, 0.1) is 0 Å². The van der Waals surface area contributed by atoms with Gasteiger partial charge in [0.1, 0.15) is 0 Å². The molecule has 0 radical (unpaired) electrons. The average molecular weight is 201 g/mol. The summed E-state index contributed by atoms with van der Waals surface area (Å²) in [6.45, 7) is 2.46. The summed E-state index contributed by atoms with van der Waals surface area (Å²) in [6, 6.07) is 0. The summed E-state index contributed by atoms with van der Waals surface area (Å²) in [5.41, 5.74) is 3.68. The van der Waals surface area contributed by atoms with Crippen LogP contribution in [0.3, 0.4) is 0 Å². The van der Waals surface area contributed by atoms with Crippen LogP contribution in [0.25, 0.3) is 0 Å². The van der Waals surface area contributed by atoms with Crippen LogP contribution in [0.5, 0.6) is 0 Å². The molecule has 0 aromatic carbocycles. The number of hydrogen-bond acceptors (Lipinski definition) is 3. The van der Waals surface area contributed by atoms with E-state index < -0.39 is 11.5 Å². The molecule has 0 unspecified atom stereocenters. The number of likely N-dealkylation sites (tertiary alicyclic amines) is 1. The summed E-state index contributed by atoms with van der Waals surface area (Å²) >= 11 is 0. The summed E-state index contributed by atoms with van der Waals surface area (Å²) in [5, 5.41) is 9.77. The van der Waals surface area contributed by atoms with Gasteiger partial charge in [-0.15, -0.1) is 0 Å². The quantitative estimate of drug-likeness (QED) is 0.533. The Kier molecular flexibility index (Phi) is 2.65. The molecular formula is C9H17N2O3+. The number of carbonyl (C=O) groups excluding carboxylic acids is 2. The lowest BCUT2D eigenvalue weighted by molar-refractivity contribution is -0.841. The molecule has 0 aliphatic carbocycles. The lowest BCUT2D eigenvalue weighted by Gasteiger charge is -2.40. The molecule has 5 nitrogen and oxygen atoms in total. The topological polar surface area (TPSA) is 80.4 Å². The summed E-state index contributed by atoms with van der Waals surface area (Å²) in [7, 11) is 1.81. The fraction of sp³-hybridized carbons (Fsp3) is 0.778. The van der Waals surface area contributed by atoms with E-state index in [4.69, 9.17) is 5.73 Å². The van der Waals surface area contributed by atoms with Crippen LogP contribution in [-0.2, 0) is 9.59 Å². The highest BCUT2D eigenvalue weighted by Crippen LogP contribution is 2.25. The molecule has 0 spiro atoms. The number of nitrogens with two attached hydrogens (primary N) is 1. The fourth-order valence-electron chi connectivity index (χ4n) is 1.66. The summed E-state index contributed by atoms with van der Waals surface area (Å²) in [4.78, 5) is 22.2. The highest BCUT2D eigenvalue weighted by molar-refractivity contribution is 5.83. The minimum absolute atomic E-state index is 0.0523. The molecule has 5 heteroatoms. The molecule has 0 aromatic heterocycles. The number of hydrogen-bond donors (Lipinski definition) is 2. The van der Waals surface area contributed by atoms with Crippen LogP contribution in [0.2, 0.25) is 0 Å². The number of aliphatic hydroxyl groups is 1. The normalized spacial score (nSPS) is 37.9. The molecular weight excluding hydrogens is 184 g/mol. The number of primary amides is 1. The molecule has 0 bridgehead atoms. The smallest absolute Gasteiger partial charge is 0.310 e. The molecule has 0 atom stereocenters. The maximum Gasteiger partial charge on any atom is 0.310 e. The maximum absolute atomic E-state index is 11.3. The van der Waals surface area contributed by atoms with Gasteiger partial charge < -0.3 is 10.8 Å². The first kappa shape index (κ1) is 11.1. The molecule has 1 aliphatic rings. The van der Waals surface area contributed by atoms with Crippen molar-refractivity contribution < 1.29 is 19.2 Å². The van der Waals surface area contributed by atoms with Gasteiger partial charge in [-0.2, -0.15) is 0 Å². The van der Waals surface area contributed by atoms with Gasteiger partial charge in [-0.05, 0) is 0 Å². The van der Waals surface area contributed by atoms with Crippen LogP contribution < -0.4 is 5.73 Å². The largest absolute Gasteiger partial charge is 0.380 e. The summed E-state index contributed by atoms with van der Waals surface area (Å²) in [6.07, 6.45) is 0.525. The van der Waals surface area contributed by atoms with Crippen LogP contribution >= 0.6 is 0 Å². The Bertz CT molecular complexity index is 239. The van der Waals surface area contributed by atoms with E-state index in [0.29, 0.717) is 13.1 Å². The molecule has 1 aliphatic heterocycles. The second-order valence-electron chi connectivity index (χ2n) is 4.26. The van der Waals surface area contributed by atoms with Gasteiger partial charge in [0.2, 0.25) is 5.91 Å². The van der Waals surface area contributed by atoms with Gasteiger partial charge in [0.05, 0.1) is 27.1 Å². The number of piperidine rings is 1. The molecule has 2 amide bonds. The van der Waals surface area contributed by atoms with Crippen molar-refractivity contribution in [2.45, 2.75) is 25.4 Å². The zero-order chi connectivity index (χ0) is 11.0. The van der Waals surface area contributed by atoms with Crippen LogP contribution in [0.1, 0.15) is 19.8 Å². The molecule has 1 heterocycles. The van der Waals surface area contributed by atoms with Crippen molar-refractivity contribution in [2.24, 2.45) is 5.73 Å². The van der Waals surface area contributed by atoms with E-state index >= 15 is 0 Å². The Balaban J connectivity index is 2.71. The zero-order valence-electron chi connectivity index (χ0n) is 8.62. The van der Waals surface area contributed by atoms with Gasteiger partial charge in [0, 0.05) is 12.8 Å². The molecule has 0 aromatic rings. The van der Waals surface area contributed by atoms with Gasteiger partial charge in [0.25, 0.3) is 0 Å². The molecule has 1 rings (SSSR count). The number of carbonyl (C=O) groups is 2. The first-order valence-corrected chi connectivity index (χ1v) is 4.68. The number of amides is 2. The van der Waals surface area contributed by atoms with Crippen molar-refractivity contribution >= 4 is 11.8 Å². The lowest BCUT2D eigenvalue weighted by atomic mass is 9.89. The van der Waals surface area contributed by atoms with E-state index in [-0.39, 0.29) is 23.2 Å². The Labute approximate surface area is 83.1 Å². The summed E-state index contributed by atoms with van der Waals surface area (Å²) < 4.78 is 0.273. The maximum atomic E-state index is 11.3. The Morgan fingerprint density at radius 1 is 1.36 bits per heavy atom. The van der Waals surface area contributed by atoms with Crippen LogP contribution in [0.4, 0.5) is 0 Å². The molecule has 0 saturated carbocycles. The summed E-state index contributed by atoms with van der Waals surface area (Å²) in [5.74, 6) is -0.635. The molecule has 1 fully saturated rings. The van der Waals surface area contributed by atoms with E-state index in [9.17, 15) is 14.7 Å². The third-order valence-electron chi connectivity index (χ3n) is 3.26. The van der Waals surface area contributed by atoms with Gasteiger partial charge in [-0.3, -0.25) is 9.28 Å². The molecule has 3 N–H and O–H groups in total. The molecule has 80 valence electrons. The minimum Gasteiger partial charge on any atom is -0.380 e. The average Bonchev–Trinajstić information content (AvgIpc) is 2.10. The Morgan fingerprint density at radius 3 is 2.07 bits per heavy atom. The van der Waals surface area contributed by atoms with Crippen molar-refractivity contribution in [3.8, 4) is 0 Å². The second kappa shape index (κ2) is 3.33. The van der Waals surface area contributed by atoms with E-state index in [1.165, 1.54) is 6.92 Å². The van der Waals surface area contributed by atoms with E-state index in [1.807, 2.05) is 7.05 Å². The third-order valence-corrected chi connectivity index (χ3v) is 3.26. The predicted octanol–water partition coefficient (Wildman–Crippen LogP) is -1.01. The Hall–Kier alpha value is -0.940. The number of rotatable bonds is 1. The first-order chi connectivity index (χ1) is 6.30. The van der Waals surface area contributed by atoms with Crippen molar-refractivity contribution in [2.75, 3.05) is 20.1 Å². The van der Waals surface area contributed by atoms with Crippen molar-refractivity contribution in [3.63, 3.8) is 0 Å². The fourth-order valence-corrected chi connectivity index (χ4v) is 1.66. The monoisotopic (exact) mass is 201 g/mol. The van der Waals surface area contributed by atoms with Crippen molar-refractivity contribution in [1.82, 2.24) is 0 Å². The number of nitrogens with zero attached hydrogens (tertiary/aromatic N) is 1.